The van der Waals surface area contributed by atoms with E-state index in [2.05, 4.69) is 11.8 Å². The summed E-state index contributed by atoms with van der Waals surface area (Å²) in [4.78, 5) is 15.6. The molecule has 1 amide bonds. The molecule has 0 saturated carbocycles. The molecule has 1 heterocycles. The largest absolute Gasteiger partial charge is 0.416 e. The van der Waals surface area contributed by atoms with E-state index in [9.17, 15) is 22.4 Å². The summed E-state index contributed by atoms with van der Waals surface area (Å²) >= 11 is 12.0. The highest BCUT2D eigenvalue weighted by Crippen LogP contribution is 2.33. The molecule has 1 fully saturated rings. The number of nitrogens with zero attached hydrogens (tertiary/aromatic N) is 2. The van der Waals surface area contributed by atoms with E-state index >= 15 is 0 Å². The molecule has 30 heavy (non-hydrogen) atoms. The lowest BCUT2D eigenvalue weighted by Gasteiger charge is -2.34. The zero-order chi connectivity index (χ0) is 21.9. The Hall–Kier alpha value is -2.27. The van der Waals surface area contributed by atoms with Gasteiger partial charge in [-0.3, -0.25) is 9.69 Å². The molecule has 0 N–H and O–H groups in total. The minimum atomic E-state index is -4.63. The van der Waals surface area contributed by atoms with Crippen LogP contribution >= 0.6 is 23.2 Å². The van der Waals surface area contributed by atoms with Gasteiger partial charge < -0.3 is 4.90 Å². The zero-order valence-corrected chi connectivity index (χ0v) is 17.1. The highest BCUT2D eigenvalue weighted by molar-refractivity contribution is 6.42. The standard InChI is InChI=1S/C21H16Cl2F4N2O/c22-18-3-1-2-14(20(18)23)5-7-19(30)29-10-8-28(9-11-29)13-15-4-6-16(24)12-17(15)21(25,26)27/h1-4,6,12H,8-11,13H2. The van der Waals surface area contributed by atoms with Gasteiger partial charge in [0.15, 0.2) is 0 Å². The quantitative estimate of drug-likeness (QED) is 0.474. The topological polar surface area (TPSA) is 23.6 Å². The molecule has 0 spiro atoms. The Bertz CT molecular complexity index is 1010. The van der Waals surface area contributed by atoms with Crippen molar-refractivity contribution in [2.24, 2.45) is 0 Å². The maximum absolute atomic E-state index is 13.3. The molecule has 3 rings (SSSR count). The summed E-state index contributed by atoms with van der Waals surface area (Å²) in [5.74, 6) is 3.89. The van der Waals surface area contributed by atoms with Gasteiger partial charge in [-0.05, 0) is 29.8 Å². The van der Waals surface area contributed by atoms with Crippen LogP contribution in [0.3, 0.4) is 0 Å². The van der Waals surface area contributed by atoms with Gasteiger partial charge in [0.1, 0.15) is 5.82 Å². The first-order chi connectivity index (χ1) is 14.1. The van der Waals surface area contributed by atoms with Crippen LogP contribution in [0.25, 0.3) is 0 Å². The van der Waals surface area contributed by atoms with E-state index in [4.69, 9.17) is 23.2 Å². The van der Waals surface area contributed by atoms with Crippen LogP contribution in [-0.2, 0) is 17.5 Å². The number of benzene rings is 2. The molecular weight excluding hydrogens is 443 g/mol. The molecular formula is C21H16Cl2F4N2O. The van der Waals surface area contributed by atoms with Crippen molar-refractivity contribution in [3.63, 3.8) is 0 Å². The Labute approximate surface area is 181 Å². The Morgan fingerprint density at radius 1 is 1.07 bits per heavy atom. The van der Waals surface area contributed by atoms with Crippen molar-refractivity contribution in [3.8, 4) is 11.8 Å². The second-order valence-corrected chi connectivity index (χ2v) is 7.50. The molecule has 3 nitrogen and oxygen atoms in total. The van der Waals surface area contributed by atoms with E-state index in [1.54, 1.807) is 23.1 Å². The average molecular weight is 459 g/mol. The lowest BCUT2D eigenvalue weighted by atomic mass is 10.1. The fourth-order valence-electron chi connectivity index (χ4n) is 3.10. The Morgan fingerprint density at radius 2 is 1.77 bits per heavy atom. The van der Waals surface area contributed by atoms with Gasteiger partial charge in [0.2, 0.25) is 0 Å². The summed E-state index contributed by atoms with van der Waals surface area (Å²) in [6.45, 7) is 1.40. The van der Waals surface area contributed by atoms with Crippen molar-refractivity contribution in [2.45, 2.75) is 12.7 Å². The van der Waals surface area contributed by atoms with E-state index in [-0.39, 0.29) is 17.1 Å². The summed E-state index contributed by atoms with van der Waals surface area (Å²) in [7, 11) is 0. The Kier molecular flexibility index (Phi) is 6.91. The lowest BCUT2D eigenvalue weighted by molar-refractivity contribution is -0.138. The van der Waals surface area contributed by atoms with Crippen molar-refractivity contribution in [2.75, 3.05) is 26.2 Å². The maximum atomic E-state index is 13.3. The van der Waals surface area contributed by atoms with E-state index in [0.717, 1.165) is 12.1 Å². The van der Waals surface area contributed by atoms with Crippen molar-refractivity contribution in [1.29, 1.82) is 0 Å². The van der Waals surface area contributed by atoms with Gasteiger partial charge >= 0.3 is 6.18 Å². The smallest absolute Gasteiger partial charge is 0.329 e. The number of carbonyl (C=O) groups is 1. The molecule has 0 aliphatic carbocycles. The summed E-state index contributed by atoms with van der Waals surface area (Å²) in [5, 5.41) is 0.604. The number of halogens is 6. The predicted molar refractivity (Wildman–Crippen MR) is 107 cm³/mol. The summed E-state index contributed by atoms with van der Waals surface area (Å²) < 4.78 is 52.7. The first-order valence-electron chi connectivity index (χ1n) is 8.98. The number of amides is 1. The summed E-state index contributed by atoms with van der Waals surface area (Å²) in [6, 6.07) is 7.60. The number of hydrogen-bond donors (Lipinski definition) is 0. The van der Waals surface area contributed by atoms with Crippen LogP contribution in [0.1, 0.15) is 16.7 Å². The molecule has 0 radical (unpaired) electrons. The molecule has 2 aromatic rings. The van der Waals surface area contributed by atoms with E-state index in [1.165, 1.54) is 4.90 Å². The van der Waals surface area contributed by atoms with Gasteiger partial charge in [0, 0.05) is 44.2 Å². The third-order valence-corrected chi connectivity index (χ3v) is 5.51. The van der Waals surface area contributed by atoms with Crippen LogP contribution in [0, 0.1) is 17.7 Å². The SMILES string of the molecule is O=C(C#Cc1cccc(Cl)c1Cl)N1CCN(Cc2ccc(F)cc2C(F)(F)F)CC1. The van der Waals surface area contributed by atoms with Crippen molar-refractivity contribution >= 4 is 29.1 Å². The van der Waals surface area contributed by atoms with E-state index < -0.39 is 23.5 Å². The molecule has 2 aromatic carbocycles. The molecule has 1 aliphatic rings. The summed E-state index contributed by atoms with van der Waals surface area (Å²) in [6.07, 6.45) is -4.63. The van der Waals surface area contributed by atoms with Gasteiger partial charge in [-0.15, -0.1) is 0 Å². The maximum Gasteiger partial charge on any atom is 0.416 e. The summed E-state index contributed by atoms with van der Waals surface area (Å²) in [5.41, 5.74) is -0.545. The highest BCUT2D eigenvalue weighted by Gasteiger charge is 2.34. The fraction of sp³-hybridized carbons (Fsp3) is 0.286. The molecule has 0 aromatic heterocycles. The van der Waals surface area contributed by atoms with Crippen LogP contribution in [0.15, 0.2) is 36.4 Å². The van der Waals surface area contributed by atoms with Crippen LogP contribution in [-0.4, -0.2) is 41.9 Å². The van der Waals surface area contributed by atoms with Gasteiger partial charge in [0.05, 0.1) is 15.6 Å². The monoisotopic (exact) mass is 458 g/mol. The predicted octanol–water partition coefficient (Wildman–Crippen LogP) is 4.85. The third kappa shape index (κ3) is 5.45. The highest BCUT2D eigenvalue weighted by atomic mass is 35.5. The Balaban J connectivity index is 1.62. The molecule has 1 aliphatic heterocycles. The lowest BCUT2D eigenvalue weighted by Crippen LogP contribution is -2.48. The van der Waals surface area contributed by atoms with Crippen molar-refractivity contribution in [1.82, 2.24) is 9.80 Å². The van der Waals surface area contributed by atoms with Gasteiger partial charge in [-0.2, -0.15) is 13.2 Å². The number of carbonyl (C=O) groups excluding carboxylic acids is 1. The van der Waals surface area contributed by atoms with Crippen LogP contribution in [0.4, 0.5) is 17.6 Å². The number of piperazine rings is 1. The zero-order valence-electron chi connectivity index (χ0n) is 15.6. The molecule has 158 valence electrons. The van der Waals surface area contributed by atoms with Crippen LogP contribution in [0.5, 0.6) is 0 Å². The van der Waals surface area contributed by atoms with Crippen molar-refractivity contribution < 1.29 is 22.4 Å². The first kappa shape index (κ1) is 22.4. The number of alkyl halides is 3. The Morgan fingerprint density at radius 3 is 2.43 bits per heavy atom. The molecule has 9 heteroatoms. The molecule has 1 saturated heterocycles. The fourth-order valence-corrected chi connectivity index (χ4v) is 3.45. The van der Waals surface area contributed by atoms with E-state index in [0.29, 0.717) is 42.8 Å². The average Bonchev–Trinajstić information content (AvgIpc) is 2.70. The minimum Gasteiger partial charge on any atom is -0.329 e. The van der Waals surface area contributed by atoms with Gasteiger partial charge in [0.25, 0.3) is 5.91 Å². The van der Waals surface area contributed by atoms with Crippen molar-refractivity contribution in [3.05, 3.63) is 69.0 Å². The number of hydrogen-bond acceptors (Lipinski definition) is 2. The molecule has 0 atom stereocenters. The number of rotatable bonds is 2. The van der Waals surface area contributed by atoms with Crippen LogP contribution < -0.4 is 0 Å². The minimum absolute atomic E-state index is 0.000864. The van der Waals surface area contributed by atoms with Crippen LogP contribution in [0.2, 0.25) is 10.0 Å². The van der Waals surface area contributed by atoms with E-state index in [1.807, 2.05) is 0 Å². The molecule has 0 bridgehead atoms. The second-order valence-electron chi connectivity index (χ2n) is 6.72. The third-order valence-electron chi connectivity index (χ3n) is 4.69. The van der Waals surface area contributed by atoms with Gasteiger partial charge in [-0.25, -0.2) is 4.39 Å². The molecule has 0 unspecified atom stereocenters. The first-order valence-corrected chi connectivity index (χ1v) is 9.73. The second kappa shape index (κ2) is 9.25. The van der Waals surface area contributed by atoms with Gasteiger partial charge in [-0.1, -0.05) is 41.3 Å². The normalized spacial score (nSPS) is 14.9.